The SMILES string of the molecule is O=C(c1ccncc1)N1CCC(C2Nc3ccccc3S(=O)(=O)N2)CC1. The predicted molar refractivity (Wildman–Crippen MR) is 97.0 cm³/mol. The van der Waals surface area contributed by atoms with Crippen molar-refractivity contribution in [2.24, 2.45) is 5.92 Å². The Morgan fingerprint density at radius 3 is 2.50 bits per heavy atom. The second-order valence-corrected chi connectivity index (χ2v) is 8.29. The summed E-state index contributed by atoms with van der Waals surface area (Å²) in [5.74, 6) is 0.119. The summed E-state index contributed by atoms with van der Waals surface area (Å²) in [5.41, 5.74) is 1.26. The molecule has 1 aromatic carbocycles. The number of benzene rings is 1. The summed E-state index contributed by atoms with van der Waals surface area (Å²) in [6.45, 7) is 1.21. The lowest BCUT2D eigenvalue weighted by atomic mass is 9.93. The largest absolute Gasteiger partial charge is 0.368 e. The number of sulfonamides is 1. The molecule has 0 spiro atoms. The normalized spacial score (nSPS) is 22.3. The van der Waals surface area contributed by atoms with Gasteiger partial charge in [0.05, 0.1) is 11.9 Å². The predicted octanol–water partition coefficient (Wildman–Crippen LogP) is 1.66. The fourth-order valence-electron chi connectivity index (χ4n) is 3.57. The third-order valence-corrected chi connectivity index (χ3v) is 6.49. The number of piperidine rings is 1. The van der Waals surface area contributed by atoms with Crippen LogP contribution >= 0.6 is 0 Å². The van der Waals surface area contributed by atoms with E-state index in [2.05, 4.69) is 15.0 Å². The number of para-hydroxylation sites is 1. The van der Waals surface area contributed by atoms with Crippen molar-refractivity contribution in [3.8, 4) is 0 Å². The van der Waals surface area contributed by atoms with Gasteiger partial charge in [-0.2, -0.15) is 4.72 Å². The van der Waals surface area contributed by atoms with Gasteiger partial charge in [0.1, 0.15) is 4.90 Å². The minimum Gasteiger partial charge on any atom is -0.368 e. The summed E-state index contributed by atoms with van der Waals surface area (Å²) < 4.78 is 27.7. The van der Waals surface area contributed by atoms with Crippen LogP contribution in [0.25, 0.3) is 0 Å². The zero-order chi connectivity index (χ0) is 18.1. The number of nitrogens with one attached hydrogen (secondary N) is 2. The van der Waals surface area contributed by atoms with Gasteiger partial charge < -0.3 is 10.2 Å². The summed E-state index contributed by atoms with van der Waals surface area (Å²) >= 11 is 0. The van der Waals surface area contributed by atoms with Crippen molar-refractivity contribution in [2.75, 3.05) is 18.4 Å². The maximum absolute atomic E-state index is 12.5. The number of hydrogen-bond donors (Lipinski definition) is 2. The van der Waals surface area contributed by atoms with Crippen LogP contribution in [0.4, 0.5) is 5.69 Å². The molecule has 7 nitrogen and oxygen atoms in total. The molecule has 2 aromatic rings. The molecule has 136 valence electrons. The van der Waals surface area contributed by atoms with Gasteiger partial charge in [0.25, 0.3) is 5.91 Å². The molecule has 1 fully saturated rings. The lowest BCUT2D eigenvalue weighted by Crippen LogP contribution is -2.52. The lowest BCUT2D eigenvalue weighted by Gasteiger charge is -2.38. The van der Waals surface area contributed by atoms with E-state index in [0.29, 0.717) is 24.3 Å². The van der Waals surface area contributed by atoms with Crippen LogP contribution in [-0.2, 0) is 10.0 Å². The molecule has 2 aliphatic rings. The zero-order valence-electron chi connectivity index (χ0n) is 14.1. The topological polar surface area (TPSA) is 91.4 Å². The molecule has 1 atom stereocenters. The van der Waals surface area contributed by atoms with Gasteiger partial charge in [0.2, 0.25) is 10.0 Å². The number of nitrogens with zero attached hydrogens (tertiary/aromatic N) is 2. The summed E-state index contributed by atoms with van der Waals surface area (Å²) in [4.78, 5) is 18.6. The van der Waals surface area contributed by atoms with Gasteiger partial charge in [-0.05, 0) is 43.0 Å². The number of hydrogen-bond acceptors (Lipinski definition) is 5. The minimum atomic E-state index is -3.51. The van der Waals surface area contributed by atoms with Gasteiger partial charge in [0.15, 0.2) is 0 Å². The van der Waals surface area contributed by atoms with E-state index in [4.69, 9.17) is 0 Å². The molecule has 2 N–H and O–H groups in total. The van der Waals surface area contributed by atoms with E-state index in [-0.39, 0.29) is 22.9 Å². The highest BCUT2D eigenvalue weighted by Crippen LogP contribution is 2.30. The Kier molecular flexibility index (Phi) is 4.37. The van der Waals surface area contributed by atoms with Crippen molar-refractivity contribution in [3.63, 3.8) is 0 Å². The van der Waals surface area contributed by atoms with Crippen molar-refractivity contribution in [3.05, 3.63) is 54.4 Å². The number of anilines is 1. The Bertz CT molecular complexity index is 909. The first kappa shape index (κ1) is 17.0. The Morgan fingerprint density at radius 2 is 1.77 bits per heavy atom. The Morgan fingerprint density at radius 1 is 1.08 bits per heavy atom. The highest BCUT2D eigenvalue weighted by atomic mass is 32.2. The fraction of sp³-hybridized carbons (Fsp3) is 0.333. The van der Waals surface area contributed by atoms with Crippen LogP contribution in [0.15, 0.2) is 53.7 Å². The van der Waals surface area contributed by atoms with Gasteiger partial charge in [-0.15, -0.1) is 0 Å². The molecule has 0 saturated carbocycles. The fourth-order valence-corrected chi connectivity index (χ4v) is 4.96. The number of aromatic nitrogens is 1. The van der Waals surface area contributed by atoms with Gasteiger partial charge in [-0.1, -0.05) is 12.1 Å². The number of carbonyl (C=O) groups excluding carboxylic acids is 1. The molecule has 1 amide bonds. The Labute approximate surface area is 152 Å². The molecule has 0 bridgehead atoms. The van der Waals surface area contributed by atoms with Crippen molar-refractivity contribution in [1.29, 1.82) is 0 Å². The standard InChI is InChI=1S/C18H20N4O3S/c23-18(14-5-9-19-10-6-14)22-11-7-13(8-12-22)17-20-15-3-1-2-4-16(15)26(24,25)21-17/h1-6,9-10,13,17,20-21H,7-8,11-12H2. The zero-order valence-corrected chi connectivity index (χ0v) is 14.9. The van der Waals surface area contributed by atoms with E-state index in [9.17, 15) is 13.2 Å². The molecule has 1 saturated heterocycles. The van der Waals surface area contributed by atoms with Crippen molar-refractivity contribution in [1.82, 2.24) is 14.6 Å². The monoisotopic (exact) mass is 372 g/mol. The van der Waals surface area contributed by atoms with E-state index >= 15 is 0 Å². The van der Waals surface area contributed by atoms with Crippen LogP contribution < -0.4 is 10.0 Å². The first-order valence-corrected chi connectivity index (χ1v) is 10.1. The molecule has 8 heteroatoms. The quantitative estimate of drug-likeness (QED) is 0.837. The maximum Gasteiger partial charge on any atom is 0.253 e. The number of fused-ring (bicyclic) bond motifs is 1. The molecular formula is C18H20N4O3S. The second kappa shape index (κ2) is 6.69. The number of likely N-dealkylation sites (tertiary alicyclic amines) is 1. The average Bonchev–Trinajstić information content (AvgIpc) is 2.68. The van der Waals surface area contributed by atoms with Gasteiger partial charge in [0, 0.05) is 31.0 Å². The molecule has 1 unspecified atom stereocenters. The number of rotatable bonds is 2. The van der Waals surface area contributed by atoms with Crippen LogP contribution in [0.1, 0.15) is 23.2 Å². The van der Waals surface area contributed by atoms with E-state index < -0.39 is 10.0 Å². The van der Waals surface area contributed by atoms with Crippen LogP contribution in [0, 0.1) is 5.92 Å². The van der Waals surface area contributed by atoms with Gasteiger partial charge in [-0.25, -0.2) is 8.42 Å². The van der Waals surface area contributed by atoms with Crippen LogP contribution in [0.2, 0.25) is 0 Å². The van der Waals surface area contributed by atoms with Gasteiger partial charge >= 0.3 is 0 Å². The highest BCUT2D eigenvalue weighted by Gasteiger charge is 2.35. The Balaban J connectivity index is 1.44. The number of carbonyl (C=O) groups is 1. The molecule has 0 aliphatic carbocycles. The summed E-state index contributed by atoms with van der Waals surface area (Å²) in [5, 5.41) is 3.30. The summed E-state index contributed by atoms with van der Waals surface area (Å²) in [7, 11) is -3.51. The van der Waals surface area contributed by atoms with Gasteiger partial charge in [-0.3, -0.25) is 9.78 Å². The molecular weight excluding hydrogens is 352 g/mol. The van der Waals surface area contributed by atoms with E-state index in [0.717, 1.165) is 12.8 Å². The average molecular weight is 372 g/mol. The summed E-state index contributed by atoms with van der Waals surface area (Å²) in [6, 6.07) is 10.3. The lowest BCUT2D eigenvalue weighted by molar-refractivity contribution is 0.0679. The van der Waals surface area contributed by atoms with Crippen molar-refractivity contribution < 1.29 is 13.2 Å². The molecule has 26 heavy (non-hydrogen) atoms. The Hall–Kier alpha value is -2.45. The smallest absolute Gasteiger partial charge is 0.253 e. The third kappa shape index (κ3) is 3.17. The molecule has 3 heterocycles. The van der Waals surface area contributed by atoms with E-state index in [1.165, 1.54) is 0 Å². The highest BCUT2D eigenvalue weighted by molar-refractivity contribution is 7.89. The van der Waals surface area contributed by atoms with Crippen molar-refractivity contribution in [2.45, 2.75) is 23.9 Å². The minimum absolute atomic E-state index is 0.00613. The first-order chi connectivity index (χ1) is 12.5. The van der Waals surface area contributed by atoms with Crippen molar-refractivity contribution >= 4 is 21.6 Å². The number of pyridine rings is 1. The van der Waals surface area contributed by atoms with E-state index in [1.54, 1.807) is 42.7 Å². The third-order valence-electron chi connectivity index (χ3n) is 5.00. The molecule has 4 rings (SSSR count). The molecule has 0 radical (unpaired) electrons. The molecule has 2 aliphatic heterocycles. The first-order valence-electron chi connectivity index (χ1n) is 8.62. The maximum atomic E-state index is 12.5. The van der Waals surface area contributed by atoms with Crippen LogP contribution in [0.5, 0.6) is 0 Å². The number of amides is 1. The summed E-state index contributed by atoms with van der Waals surface area (Å²) in [6.07, 6.45) is 4.34. The molecule has 1 aromatic heterocycles. The van der Waals surface area contributed by atoms with Crippen LogP contribution in [-0.4, -0.2) is 43.5 Å². The van der Waals surface area contributed by atoms with E-state index in [1.807, 2.05) is 11.0 Å². The second-order valence-electron chi connectivity index (χ2n) is 6.60. The van der Waals surface area contributed by atoms with Crippen LogP contribution in [0.3, 0.4) is 0 Å².